The highest BCUT2D eigenvalue weighted by molar-refractivity contribution is 5.75. The molecule has 3 heterocycles. The average Bonchev–Trinajstić information content (AvgIpc) is 2.70. The number of nitrogens with one attached hydrogen (secondary N) is 1. The van der Waals surface area contributed by atoms with Gasteiger partial charge in [0, 0.05) is 39.1 Å². The second-order valence-corrected chi connectivity index (χ2v) is 7.57. The molecule has 1 aromatic rings. The lowest BCUT2D eigenvalue weighted by molar-refractivity contribution is -0.180. The molecule has 9 nitrogen and oxygen atoms in total. The number of alkyl halides is 3. The van der Waals surface area contributed by atoms with Crippen molar-refractivity contribution in [3.8, 4) is 0 Å². The molecule has 2 aliphatic rings. The molecule has 0 saturated carbocycles. The van der Waals surface area contributed by atoms with Gasteiger partial charge in [-0.1, -0.05) is 0 Å². The fraction of sp³-hybridized carbons (Fsp3) is 0.722. The molecule has 1 aromatic heterocycles. The number of ketones is 1. The van der Waals surface area contributed by atoms with Crippen LogP contribution in [-0.4, -0.2) is 99.6 Å². The highest BCUT2D eigenvalue weighted by Crippen LogP contribution is 2.28. The minimum atomic E-state index is -4.65. The van der Waals surface area contributed by atoms with Gasteiger partial charge >= 0.3 is 6.18 Å². The van der Waals surface area contributed by atoms with Gasteiger partial charge in [-0.3, -0.25) is 14.7 Å². The Balaban J connectivity index is 1.69. The number of halogens is 3. The van der Waals surface area contributed by atoms with E-state index >= 15 is 0 Å². The minimum absolute atomic E-state index is 0.0944. The lowest BCUT2D eigenvalue weighted by Crippen LogP contribution is -2.64. The Morgan fingerprint density at radius 2 is 1.97 bits per heavy atom. The summed E-state index contributed by atoms with van der Waals surface area (Å²) < 4.78 is 44.5. The predicted octanol–water partition coefficient (Wildman–Crippen LogP) is -0.0493. The van der Waals surface area contributed by atoms with E-state index in [1.54, 1.807) is 6.92 Å². The van der Waals surface area contributed by atoms with Crippen LogP contribution in [0.15, 0.2) is 12.4 Å². The Labute approximate surface area is 171 Å². The first-order valence-electron chi connectivity index (χ1n) is 9.74. The van der Waals surface area contributed by atoms with Crippen molar-refractivity contribution in [1.82, 2.24) is 19.8 Å². The summed E-state index contributed by atoms with van der Waals surface area (Å²) in [5.74, 6) is -0.0479. The van der Waals surface area contributed by atoms with E-state index in [0.29, 0.717) is 45.3 Å². The highest BCUT2D eigenvalue weighted by atomic mass is 19.4. The average molecular weight is 433 g/mol. The van der Waals surface area contributed by atoms with Crippen LogP contribution >= 0.6 is 0 Å². The van der Waals surface area contributed by atoms with Gasteiger partial charge in [-0.25, -0.2) is 4.98 Å². The number of carbonyl (C=O) groups excluding carboxylic acids is 1. The van der Waals surface area contributed by atoms with Gasteiger partial charge in [0.2, 0.25) is 0 Å². The van der Waals surface area contributed by atoms with Crippen LogP contribution in [0.25, 0.3) is 0 Å². The monoisotopic (exact) mass is 433 g/mol. The number of hydrogen-bond donors (Lipinski definition) is 3. The van der Waals surface area contributed by atoms with E-state index in [1.807, 2.05) is 4.90 Å². The fourth-order valence-electron chi connectivity index (χ4n) is 3.60. The summed E-state index contributed by atoms with van der Waals surface area (Å²) in [7, 11) is 0. The van der Waals surface area contributed by atoms with Crippen LogP contribution in [-0.2, 0) is 15.7 Å². The number of anilines is 1. The van der Waals surface area contributed by atoms with E-state index in [2.05, 4.69) is 20.2 Å². The minimum Gasteiger partial charge on any atom is -0.388 e. The topological polar surface area (TPSA) is 111 Å². The summed E-state index contributed by atoms with van der Waals surface area (Å²) >= 11 is 0. The van der Waals surface area contributed by atoms with Gasteiger partial charge in [-0.2, -0.15) is 13.2 Å². The predicted molar refractivity (Wildman–Crippen MR) is 99.5 cm³/mol. The van der Waals surface area contributed by atoms with Gasteiger partial charge in [0.1, 0.15) is 30.0 Å². The zero-order valence-electron chi connectivity index (χ0n) is 16.5. The molecular weight excluding hydrogens is 407 g/mol. The van der Waals surface area contributed by atoms with E-state index < -0.39 is 36.3 Å². The number of aliphatic hydroxyl groups excluding tert-OH is 2. The summed E-state index contributed by atoms with van der Waals surface area (Å²) in [5, 5.41) is 23.3. The van der Waals surface area contributed by atoms with Crippen LogP contribution in [0.1, 0.15) is 19.0 Å². The zero-order chi connectivity index (χ0) is 21.9. The van der Waals surface area contributed by atoms with Gasteiger partial charge < -0.3 is 25.2 Å². The zero-order valence-corrected chi connectivity index (χ0v) is 16.5. The molecule has 0 bridgehead atoms. The number of hydrogen-bond acceptors (Lipinski definition) is 9. The van der Waals surface area contributed by atoms with Crippen molar-refractivity contribution in [2.75, 3.05) is 44.6 Å². The first-order valence-corrected chi connectivity index (χ1v) is 9.74. The second kappa shape index (κ2) is 9.52. The molecule has 30 heavy (non-hydrogen) atoms. The number of Topliss-reactive ketones (excluding diaryl/α,β-unsaturated/α-hetero) is 1. The molecule has 2 fully saturated rings. The van der Waals surface area contributed by atoms with Crippen molar-refractivity contribution < 1.29 is 32.9 Å². The van der Waals surface area contributed by atoms with Gasteiger partial charge in [0.25, 0.3) is 0 Å². The molecule has 12 heteroatoms. The Morgan fingerprint density at radius 3 is 2.60 bits per heavy atom. The first kappa shape index (κ1) is 22.8. The lowest BCUT2D eigenvalue weighted by Gasteiger charge is -2.46. The molecule has 0 amide bonds. The van der Waals surface area contributed by atoms with Crippen molar-refractivity contribution in [2.24, 2.45) is 0 Å². The molecule has 168 valence electrons. The quantitative estimate of drug-likeness (QED) is 0.569. The smallest absolute Gasteiger partial charge is 0.388 e. The summed E-state index contributed by atoms with van der Waals surface area (Å²) in [5.41, 5.74) is -1.16. The second-order valence-electron chi connectivity index (χ2n) is 7.57. The Hall–Kier alpha value is -1.86. The Kier molecular flexibility index (Phi) is 7.24. The molecule has 3 N–H and O–H groups in total. The van der Waals surface area contributed by atoms with E-state index in [1.165, 1.54) is 0 Å². The standard InChI is InChI=1S/C18H26F3N5O4/c1-11(27)2-3-25-4-6-26(7-5-25)17-15(16(29)12(28)10-30-17)24-14-9-22-8-13(23-14)18(19,20)21/h8-9,12,15-17,28-29H,2-7,10H2,1H3,(H,23,24)/t12-,15+,16-,17?/m0/s1. The normalized spacial score (nSPS) is 29.0. The van der Waals surface area contributed by atoms with E-state index in [9.17, 15) is 28.2 Å². The third-order valence-corrected chi connectivity index (χ3v) is 5.29. The lowest BCUT2D eigenvalue weighted by atomic mass is 10.00. The maximum absolute atomic E-state index is 12.9. The molecule has 2 aliphatic heterocycles. The molecule has 0 spiro atoms. The molecule has 0 aromatic carbocycles. The van der Waals surface area contributed by atoms with Crippen molar-refractivity contribution in [2.45, 2.75) is 44.0 Å². The third kappa shape index (κ3) is 5.64. The Bertz CT molecular complexity index is 730. The number of rotatable bonds is 6. The van der Waals surface area contributed by atoms with Crippen LogP contribution < -0.4 is 5.32 Å². The summed E-state index contributed by atoms with van der Waals surface area (Å²) in [6.07, 6.45) is -5.56. The third-order valence-electron chi connectivity index (χ3n) is 5.29. The van der Waals surface area contributed by atoms with E-state index in [0.717, 1.165) is 6.20 Å². The van der Waals surface area contributed by atoms with Gasteiger partial charge in [0.15, 0.2) is 5.69 Å². The van der Waals surface area contributed by atoms with Crippen LogP contribution in [0.5, 0.6) is 0 Å². The molecule has 0 radical (unpaired) electrons. The number of aromatic nitrogens is 2. The van der Waals surface area contributed by atoms with Crippen LogP contribution in [0.2, 0.25) is 0 Å². The fourth-order valence-corrected chi connectivity index (χ4v) is 3.60. The largest absolute Gasteiger partial charge is 0.434 e. The van der Waals surface area contributed by atoms with E-state index in [4.69, 9.17) is 4.74 Å². The number of ether oxygens (including phenoxy) is 1. The Morgan fingerprint density at radius 1 is 1.27 bits per heavy atom. The van der Waals surface area contributed by atoms with Crippen LogP contribution in [0, 0.1) is 0 Å². The molecule has 0 aliphatic carbocycles. The SMILES string of the molecule is CC(=O)CCN1CCN(C2OC[C@H](O)[C@H](O)[C@H]2Nc2cncc(C(F)(F)F)n2)CC1. The summed E-state index contributed by atoms with van der Waals surface area (Å²) in [6.45, 7) is 4.64. The summed E-state index contributed by atoms with van der Waals surface area (Å²) in [4.78, 5) is 22.4. The van der Waals surface area contributed by atoms with Crippen molar-refractivity contribution in [3.05, 3.63) is 18.1 Å². The van der Waals surface area contributed by atoms with Crippen molar-refractivity contribution in [1.29, 1.82) is 0 Å². The summed E-state index contributed by atoms with van der Waals surface area (Å²) in [6, 6.07) is -0.907. The molecule has 1 unspecified atom stereocenters. The number of carbonyl (C=O) groups is 1. The van der Waals surface area contributed by atoms with Crippen LogP contribution in [0.4, 0.5) is 19.0 Å². The maximum atomic E-state index is 12.9. The van der Waals surface area contributed by atoms with Gasteiger partial charge in [-0.15, -0.1) is 0 Å². The van der Waals surface area contributed by atoms with Gasteiger partial charge in [-0.05, 0) is 6.92 Å². The molecule has 4 atom stereocenters. The van der Waals surface area contributed by atoms with Crippen LogP contribution in [0.3, 0.4) is 0 Å². The number of piperazine rings is 1. The maximum Gasteiger partial charge on any atom is 0.434 e. The van der Waals surface area contributed by atoms with Crippen molar-refractivity contribution >= 4 is 11.6 Å². The molecule has 2 saturated heterocycles. The molecule has 3 rings (SSSR count). The van der Waals surface area contributed by atoms with E-state index in [-0.39, 0.29) is 18.2 Å². The number of aliphatic hydroxyl groups is 2. The number of nitrogens with zero attached hydrogens (tertiary/aromatic N) is 4. The molecular formula is C18H26F3N5O4. The van der Waals surface area contributed by atoms with Gasteiger partial charge in [0.05, 0.1) is 25.0 Å². The first-order chi connectivity index (χ1) is 14.1. The van der Waals surface area contributed by atoms with Crippen molar-refractivity contribution in [3.63, 3.8) is 0 Å². The highest BCUT2D eigenvalue weighted by Gasteiger charge is 2.43.